The fourth-order valence-electron chi connectivity index (χ4n) is 1.62. The zero-order valence-corrected chi connectivity index (χ0v) is 11.2. The van der Waals surface area contributed by atoms with Crippen LogP contribution < -0.4 is 10.2 Å². The zero-order valence-electron chi connectivity index (χ0n) is 10.4. The van der Waals surface area contributed by atoms with Gasteiger partial charge in [0.15, 0.2) is 0 Å². The summed E-state index contributed by atoms with van der Waals surface area (Å²) in [5.74, 6) is -3.87. The van der Waals surface area contributed by atoms with Crippen molar-refractivity contribution in [2.75, 3.05) is 0 Å². The summed E-state index contributed by atoms with van der Waals surface area (Å²) in [6, 6.07) is 7.55. The smallest absolute Gasteiger partial charge is 0.335 e. The molecule has 0 fully saturated rings. The molecule has 0 spiro atoms. The molecule has 0 atom stereocenters. The Labute approximate surface area is 123 Å². The highest BCUT2D eigenvalue weighted by atomic mass is 32.2. The van der Waals surface area contributed by atoms with E-state index in [9.17, 15) is 19.8 Å². The lowest BCUT2D eigenvalue weighted by Gasteiger charge is -2.13. The van der Waals surface area contributed by atoms with Crippen molar-refractivity contribution >= 4 is 23.7 Å². The third kappa shape index (κ3) is 3.26. The first kappa shape index (κ1) is 14.7. The van der Waals surface area contributed by atoms with Gasteiger partial charge in [-0.3, -0.25) is 0 Å². The lowest BCUT2D eigenvalue weighted by Crippen LogP contribution is -2.04. The van der Waals surface area contributed by atoms with Crippen LogP contribution in [-0.2, 0) is 0 Å². The van der Waals surface area contributed by atoms with Gasteiger partial charge in [-0.15, -0.1) is 0 Å². The molecule has 2 aromatic rings. The first-order valence-electron chi connectivity index (χ1n) is 5.65. The largest absolute Gasteiger partial charge is 0.872 e. The van der Waals surface area contributed by atoms with Crippen LogP contribution in [0.2, 0.25) is 0 Å². The lowest BCUT2D eigenvalue weighted by atomic mass is 10.2. The van der Waals surface area contributed by atoms with Crippen LogP contribution in [0, 0.1) is 0 Å². The van der Waals surface area contributed by atoms with E-state index in [-0.39, 0.29) is 11.1 Å². The molecule has 7 heteroatoms. The molecule has 0 aromatic heterocycles. The predicted molar refractivity (Wildman–Crippen MR) is 69.8 cm³/mol. The summed E-state index contributed by atoms with van der Waals surface area (Å²) in [6.07, 6.45) is 0. The Morgan fingerprint density at radius 1 is 0.810 bits per heavy atom. The van der Waals surface area contributed by atoms with E-state index in [0.717, 1.165) is 23.9 Å². The number of carboxylic acid groups (broad SMARTS) is 2. The van der Waals surface area contributed by atoms with Crippen molar-refractivity contribution in [2.24, 2.45) is 0 Å². The number of rotatable bonds is 4. The van der Waals surface area contributed by atoms with Gasteiger partial charge in [0.2, 0.25) is 0 Å². The van der Waals surface area contributed by atoms with Crippen molar-refractivity contribution < 1.29 is 30.0 Å². The van der Waals surface area contributed by atoms with E-state index in [1.165, 1.54) is 24.3 Å². The summed E-state index contributed by atoms with van der Waals surface area (Å²) in [7, 11) is 0. The summed E-state index contributed by atoms with van der Waals surface area (Å²) < 4.78 is 0. The molecule has 0 aliphatic rings. The number of hydrogen-bond acceptors (Lipinski definition) is 5. The van der Waals surface area contributed by atoms with Crippen molar-refractivity contribution in [2.45, 2.75) is 9.79 Å². The van der Waals surface area contributed by atoms with Gasteiger partial charge in [-0.25, -0.2) is 9.59 Å². The van der Waals surface area contributed by atoms with Crippen molar-refractivity contribution in [3.05, 3.63) is 47.5 Å². The van der Waals surface area contributed by atoms with Crippen LogP contribution in [0.5, 0.6) is 11.5 Å². The number of carboxylic acids is 2. The molecule has 0 aliphatic heterocycles. The number of aromatic carboxylic acids is 2. The molecule has 108 valence electrons. The van der Waals surface area contributed by atoms with E-state index in [1.807, 2.05) is 0 Å². The van der Waals surface area contributed by atoms with Crippen molar-refractivity contribution in [3.8, 4) is 11.5 Å². The van der Waals surface area contributed by atoms with Crippen LogP contribution >= 0.6 is 11.8 Å². The van der Waals surface area contributed by atoms with E-state index in [0.29, 0.717) is 9.79 Å². The van der Waals surface area contributed by atoms with E-state index < -0.39 is 23.4 Å². The Hall–Kier alpha value is -2.67. The number of carbonyl (C=O) groups is 2. The minimum Gasteiger partial charge on any atom is -0.872 e. The Bertz CT molecular complexity index is 664. The molecule has 0 saturated heterocycles. The quantitative estimate of drug-likeness (QED) is 0.875. The molecule has 0 bridgehead atoms. The van der Waals surface area contributed by atoms with Gasteiger partial charge in [-0.2, -0.15) is 0 Å². The fourth-order valence-corrected chi connectivity index (χ4v) is 2.51. The molecule has 0 radical (unpaired) electrons. The first-order valence-corrected chi connectivity index (χ1v) is 6.46. The average Bonchev–Trinajstić information content (AvgIpc) is 2.42. The summed E-state index contributed by atoms with van der Waals surface area (Å²) in [5, 5.41) is 40.5. The van der Waals surface area contributed by atoms with Crippen LogP contribution in [0.4, 0.5) is 0 Å². The molecule has 2 rings (SSSR count). The second-order valence-electron chi connectivity index (χ2n) is 4.03. The Morgan fingerprint density at radius 3 is 1.52 bits per heavy atom. The van der Waals surface area contributed by atoms with Gasteiger partial charge in [0.25, 0.3) is 0 Å². The van der Waals surface area contributed by atoms with Gasteiger partial charge in [0.1, 0.15) is 0 Å². The molecular weight excluding hydrogens is 296 g/mol. The molecular formula is C14H8O6S-2. The average molecular weight is 304 g/mol. The third-order valence-electron chi connectivity index (χ3n) is 2.60. The van der Waals surface area contributed by atoms with E-state index in [4.69, 9.17) is 10.2 Å². The minimum atomic E-state index is -1.33. The summed E-state index contributed by atoms with van der Waals surface area (Å²) in [5.41, 5.74) is -0.724. The molecule has 0 unspecified atom stereocenters. The minimum absolute atomic E-state index is 0.362. The Morgan fingerprint density at radius 2 is 1.19 bits per heavy atom. The molecule has 0 heterocycles. The normalized spacial score (nSPS) is 10.3. The van der Waals surface area contributed by atoms with Crippen LogP contribution in [0.25, 0.3) is 0 Å². The van der Waals surface area contributed by atoms with Crippen LogP contribution in [0.1, 0.15) is 20.7 Å². The molecule has 2 N–H and O–H groups in total. The fraction of sp³-hybridized carbons (Fsp3) is 0. The standard InChI is InChI=1S/C14H10O6S/c15-11-3-1-7(5-9(11)13(17)18)21-8-2-4-12(16)10(6-8)14(19)20/h1-6,15-16H,(H,17,18)(H,19,20)/p-2. The maximum atomic E-state index is 11.3. The monoisotopic (exact) mass is 304 g/mol. The maximum absolute atomic E-state index is 11.3. The van der Waals surface area contributed by atoms with Gasteiger partial charge in [0, 0.05) is 9.79 Å². The first-order chi connectivity index (χ1) is 9.88. The van der Waals surface area contributed by atoms with Gasteiger partial charge >= 0.3 is 11.9 Å². The van der Waals surface area contributed by atoms with Crippen molar-refractivity contribution in [1.29, 1.82) is 0 Å². The van der Waals surface area contributed by atoms with E-state index in [2.05, 4.69) is 0 Å². The molecule has 6 nitrogen and oxygen atoms in total. The topological polar surface area (TPSA) is 121 Å². The molecule has 2 aromatic carbocycles. The molecule has 0 amide bonds. The summed E-state index contributed by atoms with van der Waals surface area (Å²) in [4.78, 5) is 22.7. The van der Waals surface area contributed by atoms with Crippen LogP contribution in [0.15, 0.2) is 46.2 Å². The maximum Gasteiger partial charge on any atom is 0.335 e. The van der Waals surface area contributed by atoms with Crippen molar-refractivity contribution in [1.82, 2.24) is 0 Å². The predicted octanol–water partition coefficient (Wildman–Crippen LogP) is 1.38. The van der Waals surface area contributed by atoms with E-state index in [1.54, 1.807) is 0 Å². The van der Waals surface area contributed by atoms with Gasteiger partial charge in [-0.05, 0) is 24.3 Å². The molecule has 0 saturated carbocycles. The van der Waals surface area contributed by atoms with Crippen molar-refractivity contribution in [3.63, 3.8) is 0 Å². The Balaban J connectivity index is 2.34. The Kier molecular flexibility index (Phi) is 4.04. The van der Waals surface area contributed by atoms with E-state index >= 15 is 0 Å². The number of hydrogen-bond donors (Lipinski definition) is 2. The highest BCUT2D eigenvalue weighted by Gasteiger charge is 2.09. The number of benzene rings is 2. The van der Waals surface area contributed by atoms with Crippen LogP contribution in [0.3, 0.4) is 0 Å². The van der Waals surface area contributed by atoms with Gasteiger partial charge in [0.05, 0.1) is 11.1 Å². The van der Waals surface area contributed by atoms with Crippen LogP contribution in [-0.4, -0.2) is 22.2 Å². The second kappa shape index (κ2) is 5.76. The molecule has 21 heavy (non-hydrogen) atoms. The molecule has 0 aliphatic carbocycles. The lowest BCUT2D eigenvalue weighted by molar-refractivity contribution is -0.269. The van der Waals surface area contributed by atoms with Gasteiger partial charge in [-0.1, -0.05) is 35.4 Å². The highest BCUT2D eigenvalue weighted by Crippen LogP contribution is 2.32. The second-order valence-corrected chi connectivity index (χ2v) is 5.18. The third-order valence-corrected chi connectivity index (χ3v) is 3.58. The van der Waals surface area contributed by atoms with Gasteiger partial charge < -0.3 is 20.4 Å². The summed E-state index contributed by atoms with van der Waals surface area (Å²) >= 11 is 1.06. The zero-order chi connectivity index (χ0) is 15.6. The SMILES string of the molecule is O=C(O)c1cc(Sc2ccc([O-])c(C(=O)O)c2)ccc1[O-]. The summed E-state index contributed by atoms with van der Waals surface area (Å²) in [6.45, 7) is 0. The highest BCUT2D eigenvalue weighted by molar-refractivity contribution is 7.99.